The van der Waals surface area contributed by atoms with Crippen molar-refractivity contribution < 1.29 is 9.84 Å². The molecular weight excluding hydrogens is 178 g/mol. The highest BCUT2D eigenvalue weighted by atomic mass is 16.5. The molecule has 2 atom stereocenters. The Morgan fingerprint density at radius 3 is 2.71 bits per heavy atom. The molecule has 84 valence electrons. The molecule has 0 radical (unpaired) electrons. The van der Waals surface area contributed by atoms with Gasteiger partial charge in [0.2, 0.25) is 0 Å². The van der Waals surface area contributed by atoms with Gasteiger partial charge in [0, 0.05) is 25.7 Å². The highest BCUT2D eigenvalue weighted by Crippen LogP contribution is 2.56. The van der Waals surface area contributed by atoms with Crippen LogP contribution in [0.2, 0.25) is 0 Å². The average molecular weight is 201 g/mol. The van der Waals surface area contributed by atoms with Gasteiger partial charge in [-0.1, -0.05) is 13.8 Å². The molecular formula is C11H23NO2. The smallest absolute Gasteiger partial charge is 0.0587 e. The van der Waals surface area contributed by atoms with Crippen molar-refractivity contribution in [3.8, 4) is 0 Å². The number of aliphatic hydroxyl groups is 1. The third-order valence-corrected chi connectivity index (χ3v) is 3.60. The molecule has 3 heteroatoms. The number of aliphatic hydroxyl groups excluding tert-OH is 1. The van der Waals surface area contributed by atoms with Crippen molar-refractivity contribution in [2.75, 3.05) is 33.4 Å². The zero-order chi connectivity index (χ0) is 10.6. The van der Waals surface area contributed by atoms with E-state index in [9.17, 15) is 5.11 Å². The number of hydrogen-bond acceptors (Lipinski definition) is 3. The first kappa shape index (κ1) is 12.0. The minimum atomic E-state index is 0.208. The standard InChI is InChI=1S/C11H23NO2/c1-9(2)11(8-13)6-10(11)7-12-4-5-14-3/h9-10,12-13H,4-8H2,1-3H3. The number of nitrogens with one attached hydrogen (secondary N) is 1. The number of ether oxygens (including phenoxy) is 1. The summed E-state index contributed by atoms with van der Waals surface area (Å²) in [5.41, 5.74) is 0.208. The minimum Gasteiger partial charge on any atom is -0.396 e. The highest BCUT2D eigenvalue weighted by Gasteiger charge is 2.54. The normalized spacial score (nSPS) is 31.1. The lowest BCUT2D eigenvalue weighted by Gasteiger charge is -2.18. The second-order valence-electron chi connectivity index (χ2n) is 4.64. The summed E-state index contributed by atoms with van der Waals surface area (Å²) in [5, 5.41) is 12.7. The Balaban J connectivity index is 2.17. The second-order valence-corrected chi connectivity index (χ2v) is 4.64. The summed E-state index contributed by atoms with van der Waals surface area (Å²) in [6, 6.07) is 0. The maximum absolute atomic E-state index is 9.35. The van der Waals surface area contributed by atoms with Gasteiger partial charge >= 0.3 is 0 Å². The first-order valence-corrected chi connectivity index (χ1v) is 5.48. The Bertz CT molecular complexity index is 173. The van der Waals surface area contributed by atoms with Gasteiger partial charge in [0.15, 0.2) is 0 Å². The summed E-state index contributed by atoms with van der Waals surface area (Å²) in [5.74, 6) is 1.24. The summed E-state index contributed by atoms with van der Waals surface area (Å²) in [6.07, 6.45) is 1.17. The van der Waals surface area contributed by atoms with E-state index in [2.05, 4.69) is 19.2 Å². The molecule has 1 aliphatic rings. The monoisotopic (exact) mass is 201 g/mol. The van der Waals surface area contributed by atoms with Gasteiger partial charge < -0.3 is 15.2 Å². The maximum atomic E-state index is 9.35. The van der Waals surface area contributed by atoms with Crippen molar-refractivity contribution in [2.24, 2.45) is 17.3 Å². The molecule has 0 spiro atoms. The largest absolute Gasteiger partial charge is 0.396 e. The van der Waals surface area contributed by atoms with E-state index < -0.39 is 0 Å². The Morgan fingerprint density at radius 2 is 2.29 bits per heavy atom. The van der Waals surface area contributed by atoms with Crippen LogP contribution in [-0.4, -0.2) is 38.5 Å². The lowest BCUT2D eigenvalue weighted by atomic mass is 9.90. The van der Waals surface area contributed by atoms with Crippen LogP contribution in [0.3, 0.4) is 0 Å². The van der Waals surface area contributed by atoms with E-state index in [1.54, 1.807) is 7.11 Å². The number of hydrogen-bond donors (Lipinski definition) is 2. The quantitative estimate of drug-likeness (QED) is 0.601. The van der Waals surface area contributed by atoms with Gasteiger partial charge in [0.25, 0.3) is 0 Å². The van der Waals surface area contributed by atoms with Crippen molar-refractivity contribution in [3.05, 3.63) is 0 Å². The molecule has 1 aliphatic carbocycles. The summed E-state index contributed by atoms with van der Waals surface area (Å²) < 4.78 is 4.96. The van der Waals surface area contributed by atoms with Gasteiger partial charge in [0.1, 0.15) is 0 Å². The van der Waals surface area contributed by atoms with Crippen LogP contribution in [0.15, 0.2) is 0 Å². The molecule has 0 amide bonds. The molecule has 0 heterocycles. The molecule has 1 saturated carbocycles. The van der Waals surface area contributed by atoms with Crippen LogP contribution in [0.4, 0.5) is 0 Å². The second kappa shape index (κ2) is 5.10. The van der Waals surface area contributed by atoms with Gasteiger partial charge in [-0.05, 0) is 24.8 Å². The molecule has 0 aliphatic heterocycles. The molecule has 0 aromatic heterocycles. The van der Waals surface area contributed by atoms with Gasteiger partial charge in [-0.3, -0.25) is 0 Å². The summed E-state index contributed by atoms with van der Waals surface area (Å²) in [6.45, 7) is 7.42. The first-order valence-electron chi connectivity index (χ1n) is 5.48. The Kier molecular flexibility index (Phi) is 4.35. The van der Waals surface area contributed by atoms with Gasteiger partial charge in [-0.15, -0.1) is 0 Å². The van der Waals surface area contributed by atoms with E-state index in [1.807, 2.05) is 0 Å². The SMILES string of the molecule is COCCNCC1CC1(CO)C(C)C. The number of methoxy groups -OCH3 is 1. The maximum Gasteiger partial charge on any atom is 0.0587 e. The molecule has 0 aromatic rings. The molecule has 1 fully saturated rings. The Labute approximate surface area is 86.8 Å². The lowest BCUT2D eigenvalue weighted by Crippen LogP contribution is -2.26. The van der Waals surface area contributed by atoms with Crippen LogP contribution in [0.5, 0.6) is 0 Å². The third kappa shape index (κ3) is 2.47. The zero-order valence-corrected chi connectivity index (χ0v) is 9.55. The van der Waals surface area contributed by atoms with E-state index >= 15 is 0 Å². The molecule has 0 aromatic carbocycles. The van der Waals surface area contributed by atoms with Crippen LogP contribution in [0.25, 0.3) is 0 Å². The average Bonchev–Trinajstić information content (AvgIpc) is 2.88. The van der Waals surface area contributed by atoms with Gasteiger partial charge in [-0.2, -0.15) is 0 Å². The highest BCUT2D eigenvalue weighted by molar-refractivity contribution is 5.04. The van der Waals surface area contributed by atoms with Crippen LogP contribution >= 0.6 is 0 Å². The van der Waals surface area contributed by atoms with Gasteiger partial charge in [-0.25, -0.2) is 0 Å². The molecule has 0 saturated heterocycles. The Morgan fingerprint density at radius 1 is 1.57 bits per heavy atom. The lowest BCUT2D eigenvalue weighted by molar-refractivity contribution is 0.154. The molecule has 0 bridgehead atoms. The van der Waals surface area contributed by atoms with Crippen molar-refractivity contribution in [2.45, 2.75) is 20.3 Å². The number of rotatable bonds is 7. The van der Waals surface area contributed by atoms with E-state index in [0.29, 0.717) is 18.4 Å². The molecule has 2 N–H and O–H groups in total. The van der Waals surface area contributed by atoms with E-state index in [-0.39, 0.29) is 5.41 Å². The van der Waals surface area contributed by atoms with Crippen molar-refractivity contribution >= 4 is 0 Å². The van der Waals surface area contributed by atoms with Crippen LogP contribution in [-0.2, 0) is 4.74 Å². The predicted molar refractivity (Wildman–Crippen MR) is 57.2 cm³/mol. The zero-order valence-electron chi connectivity index (χ0n) is 9.55. The summed E-state index contributed by atoms with van der Waals surface area (Å²) in [4.78, 5) is 0. The van der Waals surface area contributed by atoms with Crippen LogP contribution in [0, 0.1) is 17.3 Å². The molecule has 1 rings (SSSR count). The Hall–Kier alpha value is -0.120. The fourth-order valence-electron chi connectivity index (χ4n) is 2.21. The van der Waals surface area contributed by atoms with Crippen LogP contribution < -0.4 is 5.32 Å². The van der Waals surface area contributed by atoms with E-state index in [0.717, 1.165) is 19.7 Å². The van der Waals surface area contributed by atoms with E-state index in [4.69, 9.17) is 4.74 Å². The van der Waals surface area contributed by atoms with Crippen molar-refractivity contribution in [1.82, 2.24) is 5.32 Å². The third-order valence-electron chi connectivity index (χ3n) is 3.60. The van der Waals surface area contributed by atoms with Crippen molar-refractivity contribution in [1.29, 1.82) is 0 Å². The predicted octanol–water partition coefficient (Wildman–Crippen LogP) is 0.877. The van der Waals surface area contributed by atoms with E-state index in [1.165, 1.54) is 6.42 Å². The fourth-order valence-corrected chi connectivity index (χ4v) is 2.21. The topological polar surface area (TPSA) is 41.5 Å². The fraction of sp³-hybridized carbons (Fsp3) is 1.00. The van der Waals surface area contributed by atoms with Crippen molar-refractivity contribution in [3.63, 3.8) is 0 Å². The molecule has 2 unspecified atom stereocenters. The minimum absolute atomic E-state index is 0.208. The molecule has 3 nitrogen and oxygen atoms in total. The molecule has 14 heavy (non-hydrogen) atoms. The summed E-state index contributed by atoms with van der Waals surface area (Å²) in [7, 11) is 1.71. The first-order chi connectivity index (χ1) is 6.67. The summed E-state index contributed by atoms with van der Waals surface area (Å²) >= 11 is 0. The van der Waals surface area contributed by atoms with Gasteiger partial charge in [0.05, 0.1) is 6.61 Å². The van der Waals surface area contributed by atoms with Crippen LogP contribution in [0.1, 0.15) is 20.3 Å².